The fourth-order valence-corrected chi connectivity index (χ4v) is 2.34. The van der Waals surface area contributed by atoms with Crippen molar-refractivity contribution in [2.45, 2.75) is 6.55 Å². The summed E-state index contributed by atoms with van der Waals surface area (Å²) in [5.41, 5.74) is 1.88. The molecule has 2 heteroatoms. The molecule has 0 nitrogen and oxygen atoms in total. The summed E-state index contributed by atoms with van der Waals surface area (Å²) in [6, 6.07) is 10.1. The van der Waals surface area contributed by atoms with Crippen LogP contribution in [0.15, 0.2) is 42.6 Å². The topological polar surface area (TPSA) is 0 Å². The lowest BCUT2D eigenvalue weighted by molar-refractivity contribution is 1.75. The van der Waals surface area contributed by atoms with Gasteiger partial charge in [-0.25, -0.2) is 0 Å². The third-order valence-corrected chi connectivity index (χ3v) is 5.07. The van der Waals surface area contributed by atoms with Gasteiger partial charge in [0.1, 0.15) is 0 Å². The molecule has 0 saturated carbocycles. The second-order valence-corrected chi connectivity index (χ2v) is 8.14. The van der Waals surface area contributed by atoms with Gasteiger partial charge in [0.2, 0.25) is 7.38 Å². The van der Waals surface area contributed by atoms with Crippen molar-refractivity contribution < 1.29 is 0 Å². The molecule has 0 N–H and O–H groups in total. The second kappa shape index (κ2) is 3.24. The molecular weight excluding hydrogens is 172 g/mol. The molecule has 0 saturated heterocycles. The Labute approximate surface area is 73.2 Å². The van der Waals surface area contributed by atoms with Gasteiger partial charge in [-0.3, -0.25) is 0 Å². The minimum absolute atomic E-state index is 1.22. The van der Waals surface area contributed by atoms with E-state index in [1.54, 1.807) is 0 Å². The molecule has 0 heterocycles. The minimum Gasteiger partial charge on any atom is -0.156 e. The van der Waals surface area contributed by atoms with Crippen LogP contribution in [0.2, 0.25) is 6.55 Å². The van der Waals surface area contributed by atoms with Crippen molar-refractivity contribution in [2.24, 2.45) is 0 Å². The van der Waals surface area contributed by atoms with E-state index in [1.165, 1.54) is 5.19 Å². The van der Waals surface area contributed by atoms with E-state index in [4.69, 9.17) is 11.1 Å². The molecule has 0 radical (unpaired) electrons. The Morgan fingerprint density at radius 2 is 1.91 bits per heavy atom. The summed E-state index contributed by atoms with van der Waals surface area (Å²) >= 11 is 6.27. The molecule has 0 amide bonds. The van der Waals surface area contributed by atoms with Crippen LogP contribution >= 0.6 is 11.1 Å². The van der Waals surface area contributed by atoms with Crippen molar-refractivity contribution in [2.75, 3.05) is 0 Å². The van der Waals surface area contributed by atoms with Crippen LogP contribution in [0.1, 0.15) is 0 Å². The van der Waals surface area contributed by atoms with E-state index in [1.807, 2.05) is 23.9 Å². The summed E-state index contributed by atoms with van der Waals surface area (Å²) in [6.07, 6.45) is 0. The molecule has 0 aliphatic heterocycles. The lowest BCUT2D eigenvalue weighted by atomic mass is 10.4. The van der Waals surface area contributed by atoms with E-state index < -0.39 is 7.38 Å². The normalized spacial score (nSPS) is 15.5. The maximum atomic E-state index is 6.27. The third-order valence-electron chi connectivity index (χ3n) is 1.72. The van der Waals surface area contributed by atoms with Crippen molar-refractivity contribution in [3.8, 4) is 0 Å². The molecule has 1 rings (SSSR count). The van der Waals surface area contributed by atoms with Gasteiger partial charge in [-0.2, -0.15) is 11.1 Å². The summed E-state index contributed by atoms with van der Waals surface area (Å²) in [5.74, 6) is 0. The molecule has 0 fully saturated rings. The summed E-state index contributed by atoms with van der Waals surface area (Å²) < 4.78 is 0. The lowest BCUT2D eigenvalue weighted by Crippen LogP contribution is -2.36. The maximum Gasteiger partial charge on any atom is 0.206 e. The van der Waals surface area contributed by atoms with Crippen molar-refractivity contribution in [1.82, 2.24) is 0 Å². The van der Waals surface area contributed by atoms with E-state index in [-0.39, 0.29) is 0 Å². The fraction of sp³-hybridized carbons (Fsp3) is 0.111. The summed E-state index contributed by atoms with van der Waals surface area (Å²) in [4.78, 5) is 0. The number of hydrogen-bond donors (Lipinski definition) is 0. The first kappa shape index (κ1) is 8.56. The first-order valence-electron chi connectivity index (χ1n) is 3.55. The zero-order valence-electron chi connectivity index (χ0n) is 6.55. The minimum atomic E-state index is -1.82. The molecule has 0 aliphatic rings. The Morgan fingerprint density at radius 3 is 2.36 bits per heavy atom. The van der Waals surface area contributed by atoms with Crippen LogP contribution in [0, 0.1) is 0 Å². The molecule has 11 heavy (non-hydrogen) atoms. The number of benzene rings is 1. The highest BCUT2D eigenvalue weighted by Crippen LogP contribution is 2.08. The van der Waals surface area contributed by atoms with Crippen molar-refractivity contribution in [3.63, 3.8) is 0 Å². The highest BCUT2D eigenvalue weighted by atomic mass is 35.6. The number of halogens is 1. The Hall–Kier alpha value is -0.533. The van der Waals surface area contributed by atoms with Crippen LogP contribution in [0.3, 0.4) is 0 Å². The van der Waals surface area contributed by atoms with Crippen LogP contribution in [-0.4, -0.2) is 7.38 Å². The Kier molecular flexibility index (Phi) is 2.52. The molecule has 0 bridgehead atoms. The predicted octanol–water partition coefficient (Wildman–Crippen LogP) is 2.43. The molecule has 1 unspecified atom stereocenters. The molecule has 0 spiro atoms. The van der Waals surface area contributed by atoms with Crippen molar-refractivity contribution >= 4 is 23.6 Å². The molecule has 1 aromatic carbocycles. The lowest BCUT2D eigenvalue weighted by Gasteiger charge is -2.13. The van der Waals surface area contributed by atoms with Crippen LogP contribution in [0.5, 0.6) is 0 Å². The van der Waals surface area contributed by atoms with Gasteiger partial charge in [0.05, 0.1) is 0 Å². The average Bonchev–Trinajstić information content (AvgIpc) is 2.06. The van der Waals surface area contributed by atoms with E-state index in [9.17, 15) is 0 Å². The quantitative estimate of drug-likeness (QED) is 0.487. The summed E-state index contributed by atoms with van der Waals surface area (Å²) in [7, 11) is -1.82. The molecule has 0 aromatic heterocycles. The monoisotopic (exact) mass is 182 g/mol. The smallest absolute Gasteiger partial charge is 0.156 e. The Morgan fingerprint density at radius 1 is 1.36 bits per heavy atom. The van der Waals surface area contributed by atoms with Gasteiger partial charge in [-0.1, -0.05) is 36.0 Å². The Balaban J connectivity index is 3.02. The highest BCUT2D eigenvalue weighted by Gasteiger charge is 2.21. The van der Waals surface area contributed by atoms with Crippen molar-refractivity contribution in [1.29, 1.82) is 0 Å². The van der Waals surface area contributed by atoms with Gasteiger partial charge in [-0.15, -0.1) is 6.58 Å². The van der Waals surface area contributed by atoms with Gasteiger partial charge in [0, 0.05) is 0 Å². The highest BCUT2D eigenvalue weighted by molar-refractivity contribution is 7.29. The van der Waals surface area contributed by atoms with E-state index in [0.29, 0.717) is 0 Å². The van der Waals surface area contributed by atoms with Gasteiger partial charge in [-0.05, 0) is 11.7 Å². The van der Waals surface area contributed by atoms with Gasteiger partial charge in [0.25, 0.3) is 0 Å². The SMILES string of the molecule is C=C[Si](C)(Cl)c1ccccc1. The standard InChI is InChI=1S/C9H11ClSi/c1-3-11(2,10)9-7-5-4-6-8-9/h3-8H,1H2,2H3. The maximum absolute atomic E-state index is 6.27. The molecule has 58 valence electrons. The van der Waals surface area contributed by atoms with Gasteiger partial charge in [0.15, 0.2) is 0 Å². The van der Waals surface area contributed by atoms with Crippen LogP contribution in [-0.2, 0) is 0 Å². The third kappa shape index (κ3) is 1.95. The van der Waals surface area contributed by atoms with Crippen LogP contribution in [0.4, 0.5) is 0 Å². The second-order valence-electron chi connectivity index (χ2n) is 2.65. The predicted molar refractivity (Wildman–Crippen MR) is 53.7 cm³/mol. The van der Waals surface area contributed by atoms with Crippen LogP contribution in [0.25, 0.3) is 0 Å². The largest absolute Gasteiger partial charge is 0.206 e. The Bertz CT molecular complexity index is 241. The molecule has 1 atom stereocenters. The van der Waals surface area contributed by atoms with Crippen molar-refractivity contribution in [3.05, 3.63) is 42.6 Å². The zero-order valence-corrected chi connectivity index (χ0v) is 8.31. The fourth-order valence-electron chi connectivity index (χ4n) is 0.882. The number of hydrogen-bond acceptors (Lipinski definition) is 0. The molecule has 1 aromatic rings. The van der Waals surface area contributed by atoms with Gasteiger partial charge >= 0.3 is 0 Å². The molecular formula is C9H11ClSi. The molecule has 0 aliphatic carbocycles. The average molecular weight is 183 g/mol. The van der Waals surface area contributed by atoms with Crippen LogP contribution < -0.4 is 5.19 Å². The zero-order chi connectivity index (χ0) is 8.32. The first-order valence-corrected chi connectivity index (χ1v) is 7.14. The van der Waals surface area contributed by atoms with E-state index >= 15 is 0 Å². The van der Waals surface area contributed by atoms with E-state index in [0.717, 1.165) is 0 Å². The van der Waals surface area contributed by atoms with E-state index in [2.05, 4.69) is 25.3 Å². The van der Waals surface area contributed by atoms with Gasteiger partial charge < -0.3 is 0 Å². The summed E-state index contributed by atoms with van der Waals surface area (Å²) in [5, 5.41) is 1.22. The first-order chi connectivity index (χ1) is 5.17. The number of rotatable bonds is 2. The summed E-state index contributed by atoms with van der Waals surface area (Å²) in [6.45, 7) is 5.80.